The van der Waals surface area contributed by atoms with Crippen molar-refractivity contribution in [3.63, 3.8) is 0 Å². The van der Waals surface area contributed by atoms with Gasteiger partial charge in [0.05, 0.1) is 5.70 Å². The number of aryl methyl sites for hydroxylation is 2. The third-order valence-electron chi connectivity index (χ3n) is 5.34. The lowest BCUT2D eigenvalue weighted by Gasteiger charge is -2.08. The number of carbonyl (C=O) groups excluding carboxylic acids is 1. The molecule has 0 bridgehead atoms. The average molecular weight is 487 g/mol. The zero-order chi connectivity index (χ0) is 25.6. The lowest BCUT2D eigenvalue weighted by atomic mass is 10.0. The number of Topliss-reactive ketones (excluding diaryl/α,β-unsaturated/α-hetero) is 1. The molecule has 0 radical (unpaired) electrons. The van der Waals surface area contributed by atoms with Gasteiger partial charge in [-0.2, -0.15) is 0 Å². The van der Waals surface area contributed by atoms with Gasteiger partial charge in [-0.05, 0) is 80.3 Å². The first-order valence-electron chi connectivity index (χ1n) is 12.0. The highest BCUT2D eigenvalue weighted by atomic mass is 35.5. The average Bonchev–Trinajstić information content (AvgIpc) is 2.85. The number of anilines is 1. The molecule has 0 saturated carbocycles. The van der Waals surface area contributed by atoms with E-state index in [1.54, 1.807) is 25.1 Å². The summed E-state index contributed by atoms with van der Waals surface area (Å²) >= 11 is 5.93. The number of amidine groups is 1. The Hall–Kier alpha value is -3.43. The Morgan fingerprint density at radius 1 is 0.914 bits per heavy atom. The Bertz CT molecular complexity index is 1160. The van der Waals surface area contributed by atoms with Crippen LogP contribution < -0.4 is 5.32 Å². The third kappa shape index (κ3) is 9.38. The molecule has 0 aromatic heterocycles. The number of rotatable bonds is 8. The van der Waals surface area contributed by atoms with Crippen molar-refractivity contribution < 1.29 is 4.79 Å². The second kappa shape index (κ2) is 14.7. The maximum atomic E-state index is 11.3. The maximum absolute atomic E-state index is 11.3. The molecule has 0 saturated heterocycles. The number of halogens is 1. The molecule has 1 N–H and O–H groups in total. The first-order chi connectivity index (χ1) is 16.9. The number of hydrogen-bond acceptors (Lipinski definition) is 2. The van der Waals surface area contributed by atoms with E-state index in [0.29, 0.717) is 10.6 Å². The van der Waals surface area contributed by atoms with Crippen LogP contribution in [0, 0.1) is 0 Å². The van der Waals surface area contributed by atoms with Gasteiger partial charge in [0.2, 0.25) is 0 Å². The molecular weight excluding hydrogens is 452 g/mol. The fourth-order valence-corrected chi connectivity index (χ4v) is 3.68. The van der Waals surface area contributed by atoms with Gasteiger partial charge in [0.25, 0.3) is 0 Å². The zero-order valence-electron chi connectivity index (χ0n) is 21.1. The van der Waals surface area contributed by atoms with Crippen LogP contribution in [0.2, 0.25) is 5.02 Å². The van der Waals surface area contributed by atoms with Gasteiger partial charge in [-0.1, -0.05) is 80.9 Å². The standard InChI is InChI=1S/C20H19ClN2O.C11H16/c1-4-5-20(17-6-10-18(21)11-7-17)23-15(3)22-19-12-8-16(9-13-19)14(2)24;1-3-7-11-9-6-5-8-10(11)4-2/h4-13H,1H2,2-3H3,(H,22,23);5-6,8-9H,3-4,7H2,1-2H3/b20-5-;. The first-order valence-corrected chi connectivity index (χ1v) is 12.3. The van der Waals surface area contributed by atoms with Crippen LogP contribution in [0.5, 0.6) is 0 Å². The molecule has 0 aliphatic heterocycles. The summed E-state index contributed by atoms with van der Waals surface area (Å²) in [5, 5.41) is 3.90. The van der Waals surface area contributed by atoms with E-state index < -0.39 is 0 Å². The van der Waals surface area contributed by atoms with Crippen molar-refractivity contribution in [1.29, 1.82) is 0 Å². The second-order valence-electron chi connectivity index (χ2n) is 8.12. The van der Waals surface area contributed by atoms with Crippen molar-refractivity contribution in [3.8, 4) is 0 Å². The number of ketones is 1. The smallest absolute Gasteiger partial charge is 0.159 e. The Kier molecular flexibility index (Phi) is 11.7. The maximum Gasteiger partial charge on any atom is 0.159 e. The molecule has 3 aromatic carbocycles. The molecular formula is C31H35ClN2O. The van der Waals surface area contributed by atoms with E-state index in [0.717, 1.165) is 29.2 Å². The summed E-state index contributed by atoms with van der Waals surface area (Å²) < 4.78 is 0. The highest BCUT2D eigenvalue weighted by molar-refractivity contribution is 6.30. The van der Waals surface area contributed by atoms with Crippen molar-refractivity contribution in [2.75, 3.05) is 5.32 Å². The van der Waals surface area contributed by atoms with Gasteiger partial charge in [-0.25, -0.2) is 4.99 Å². The van der Waals surface area contributed by atoms with Crippen molar-refractivity contribution in [3.05, 3.63) is 119 Å². The number of benzene rings is 3. The monoisotopic (exact) mass is 486 g/mol. The fraction of sp³-hybridized carbons (Fsp3) is 0.226. The second-order valence-corrected chi connectivity index (χ2v) is 8.56. The predicted octanol–water partition coefficient (Wildman–Crippen LogP) is 8.80. The Balaban J connectivity index is 0.000000328. The molecule has 0 heterocycles. The lowest BCUT2D eigenvalue weighted by Crippen LogP contribution is -2.07. The normalized spacial score (nSPS) is 11.3. The summed E-state index contributed by atoms with van der Waals surface area (Å²) in [6.45, 7) is 11.6. The van der Waals surface area contributed by atoms with Crippen LogP contribution in [-0.4, -0.2) is 11.6 Å². The van der Waals surface area contributed by atoms with Crippen LogP contribution in [0.25, 0.3) is 5.70 Å². The summed E-state index contributed by atoms with van der Waals surface area (Å²) in [5.74, 6) is 0.777. The highest BCUT2D eigenvalue weighted by Crippen LogP contribution is 2.20. The molecule has 3 nitrogen and oxygen atoms in total. The van der Waals surface area contributed by atoms with Gasteiger partial charge in [0, 0.05) is 21.8 Å². The van der Waals surface area contributed by atoms with Crippen molar-refractivity contribution in [2.24, 2.45) is 4.99 Å². The van der Waals surface area contributed by atoms with Crippen LogP contribution in [0.15, 0.2) is 96.5 Å². The van der Waals surface area contributed by atoms with E-state index in [-0.39, 0.29) is 5.78 Å². The van der Waals surface area contributed by atoms with Gasteiger partial charge in [0.1, 0.15) is 5.84 Å². The van der Waals surface area contributed by atoms with Crippen molar-refractivity contribution in [2.45, 2.75) is 47.0 Å². The first kappa shape index (κ1) is 27.8. The van der Waals surface area contributed by atoms with Crippen molar-refractivity contribution in [1.82, 2.24) is 0 Å². The summed E-state index contributed by atoms with van der Waals surface area (Å²) in [6, 6.07) is 23.5. The Morgan fingerprint density at radius 3 is 2.06 bits per heavy atom. The summed E-state index contributed by atoms with van der Waals surface area (Å²) in [7, 11) is 0. The molecule has 0 amide bonds. The largest absolute Gasteiger partial charge is 0.344 e. The van der Waals surface area contributed by atoms with E-state index in [4.69, 9.17) is 11.6 Å². The minimum Gasteiger partial charge on any atom is -0.344 e. The molecule has 4 heteroatoms. The third-order valence-corrected chi connectivity index (χ3v) is 5.59. The lowest BCUT2D eigenvalue weighted by molar-refractivity contribution is 0.101. The van der Waals surface area contributed by atoms with E-state index in [9.17, 15) is 4.79 Å². The molecule has 0 aliphatic rings. The van der Waals surface area contributed by atoms with Crippen LogP contribution in [-0.2, 0) is 12.8 Å². The molecule has 3 aromatic rings. The van der Waals surface area contributed by atoms with Gasteiger partial charge < -0.3 is 5.32 Å². The number of nitrogens with zero attached hydrogens (tertiary/aromatic N) is 1. The SMILES string of the molecule is C=C/C=C(\N=C(C)Nc1ccc(C(C)=O)cc1)c1ccc(Cl)cc1.CCCc1ccccc1CC. The molecule has 35 heavy (non-hydrogen) atoms. The summed E-state index contributed by atoms with van der Waals surface area (Å²) in [5.41, 5.74) is 6.32. The van der Waals surface area contributed by atoms with E-state index >= 15 is 0 Å². The Morgan fingerprint density at radius 2 is 1.51 bits per heavy atom. The van der Waals surface area contributed by atoms with Crippen molar-refractivity contribution >= 4 is 34.6 Å². The number of hydrogen-bond donors (Lipinski definition) is 1. The van der Waals surface area contributed by atoms with Gasteiger partial charge in [0.15, 0.2) is 5.78 Å². The molecule has 182 valence electrons. The van der Waals surface area contributed by atoms with Crippen LogP contribution >= 0.6 is 11.6 Å². The van der Waals surface area contributed by atoms with Gasteiger partial charge in [-0.15, -0.1) is 0 Å². The van der Waals surface area contributed by atoms with E-state index in [1.165, 1.54) is 24.0 Å². The summed E-state index contributed by atoms with van der Waals surface area (Å²) in [4.78, 5) is 15.9. The predicted molar refractivity (Wildman–Crippen MR) is 153 cm³/mol. The minimum atomic E-state index is 0.0471. The Labute approximate surface area is 215 Å². The highest BCUT2D eigenvalue weighted by Gasteiger charge is 2.03. The van der Waals surface area contributed by atoms with Gasteiger partial charge in [-0.3, -0.25) is 4.79 Å². The van der Waals surface area contributed by atoms with Crippen LogP contribution in [0.1, 0.15) is 61.2 Å². The number of allylic oxidation sites excluding steroid dienone is 2. The molecule has 0 unspecified atom stereocenters. The number of nitrogens with one attached hydrogen (secondary N) is 1. The molecule has 0 atom stereocenters. The number of carbonyl (C=O) groups is 1. The molecule has 0 spiro atoms. The molecule has 0 aliphatic carbocycles. The topological polar surface area (TPSA) is 41.5 Å². The van der Waals surface area contributed by atoms with Crippen LogP contribution in [0.3, 0.4) is 0 Å². The van der Waals surface area contributed by atoms with E-state index in [2.05, 4.69) is 55.0 Å². The summed E-state index contributed by atoms with van der Waals surface area (Å²) in [6.07, 6.45) is 7.17. The van der Waals surface area contributed by atoms with E-state index in [1.807, 2.05) is 49.4 Å². The molecule has 0 fully saturated rings. The van der Waals surface area contributed by atoms with Gasteiger partial charge >= 0.3 is 0 Å². The molecule has 3 rings (SSSR count). The zero-order valence-corrected chi connectivity index (χ0v) is 21.9. The minimum absolute atomic E-state index is 0.0471. The fourth-order valence-electron chi connectivity index (χ4n) is 3.55. The number of aliphatic imine (C=N–C) groups is 1. The quantitative estimate of drug-likeness (QED) is 0.149. The van der Waals surface area contributed by atoms with Crippen LogP contribution in [0.4, 0.5) is 5.69 Å².